The van der Waals surface area contributed by atoms with Crippen LogP contribution in [0.15, 0.2) is 36.5 Å². The zero-order valence-electron chi connectivity index (χ0n) is 15.4. The zero-order chi connectivity index (χ0) is 17.8. The molecule has 1 aliphatic heterocycles. The summed E-state index contributed by atoms with van der Waals surface area (Å²) in [6, 6.07) is 10.5. The highest BCUT2D eigenvalue weighted by molar-refractivity contribution is 5.79. The van der Waals surface area contributed by atoms with Crippen molar-refractivity contribution < 1.29 is 4.79 Å². The van der Waals surface area contributed by atoms with Crippen molar-refractivity contribution >= 4 is 5.91 Å². The van der Waals surface area contributed by atoms with E-state index in [9.17, 15) is 4.79 Å². The maximum Gasteiger partial charge on any atom is 0.223 e. The number of benzene rings is 1. The molecule has 1 atom stereocenters. The predicted octanol–water partition coefficient (Wildman–Crippen LogP) is 2.82. The topological polar surface area (TPSA) is 50.2 Å². The monoisotopic (exact) mass is 340 g/mol. The first-order valence-electron chi connectivity index (χ1n) is 9.09. The molecule has 0 saturated carbocycles. The van der Waals surface area contributed by atoms with Crippen molar-refractivity contribution in [2.75, 3.05) is 13.1 Å². The van der Waals surface area contributed by atoms with Gasteiger partial charge in [-0.15, -0.1) is 0 Å². The van der Waals surface area contributed by atoms with Crippen molar-refractivity contribution in [1.82, 2.24) is 20.0 Å². The van der Waals surface area contributed by atoms with Crippen molar-refractivity contribution in [3.8, 4) is 0 Å². The molecular weight excluding hydrogens is 312 g/mol. The number of aromatic nitrogens is 2. The molecule has 1 saturated heterocycles. The predicted molar refractivity (Wildman–Crippen MR) is 98.9 cm³/mol. The van der Waals surface area contributed by atoms with Crippen LogP contribution < -0.4 is 5.32 Å². The Morgan fingerprint density at radius 3 is 2.56 bits per heavy atom. The van der Waals surface area contributed by atoms with Crippen molar-refractivity contribution in [1.29, 1.82) is 0 Å². The molecule has 0 bridgehead atoms. The summed E-state index contributed by atoms with van der Waals surface area (Å²) >= 11 is 0. The number of piperidine rings is 1. The SMILES string of the molecule is Cc1c([C@H](C)NC(=O)C2CCN(Cc3ccccc3)CC2)cnn1C. The van der Waals surface area contributed by atoms with Crippen molar-refractivity contribution in [3.05, 3.63) is 53.3 Å². The number of likely N-dealkylation sites (tertiary alicyclic amines) is 1. The zero-order valence-corrected chi connectivity index (χ0v) is 15.4. The van der Waals surface area contributed by atoms with Crippen LogP contribution in [0, 0.1) is 12.8 Å². The van der Waals surface area contributed by atoms with Gasteiger partial charge >= 0.3 is 0 Å². The Hall–Kier alpha value is -2.14. The summed E-state index contributed by atoms with van der Waals surface area (Å²) in [6.45, 7) is 7.00. The number of rotatable bonds is 5. The lowest BCUT2D eigenvalue weighted by Crippen LogP contribution is -2.40. The number of amides is 1. The van der Waals surface area contributed by atoms with Crippen molar-refractivity contribution in [2.45, 2.75) is 39.3 Å². The summed E-state index contributed by atoms with van der Waals surface area (Å²) in [4.78, 5) is 15.0. The van der Waals surface area contributed by atoms with E-state index < -0.39 is 0 Å². The first-order valence-corrected chi connectivity index (χ1v) is 9.09. The molecule has 0 radical (unpaired) electrons. The van der Waals surface area contributed by atoms with Gasteiger partial charge in [0.1, 0.15) is 0 Å². The van der Waals surface area contributed by atoms with Gasteiger partial charge in [-0.2, -0.15) is 5.10 Å². The van der Waals surface area contributed by atoms with Crippen LogP contribution in [0.2, 0.25) is 0 Å². The highest BCUT2D eigenvalue weighted by Gasteiger charge is 2.26. The number of hydrogen-bond donors (Lipinski definition) is 1. The lowest BCUT2D eigenvalue weighted by Gasteiger charge is -2.31. The van der Waals surface area contributed by atoms with E-state index in [1.165, 1.54) is 5.56 Å². The fraction of sp³-hybridized carbons (Fsp3) is 0.500. The Morgan fingerprint density at radius 1 is 1.28 bits per heavy atom. The number of nitrogens with zero attached hydrogens (tertiary/aromatic N) is 3. The highest BCUT2D eigenvalue weighted by atomic mass is 16.1. The van der Waals surface area contributed by atoms with E-state index in [0.717, 1.165) is 43.7 Å². The van der Waals surface area contributed by atoms with Crippen LogP contribution >= 0.6 is 0 Å². The van der Waals surface area contributed by atoms with E-state index in [4.69, 9.17) is 0 Å². The molecule has 3 rings (SSSR count). The lowest BCUT2D eigenvalue weighted by molar-refractivity contribution is -0.127. The van der Waals surface area contributed by atoms with Crippen molar-refractivity contribution in [2.24, 2.45) is 13.0 Å². The van der Waals surface area contributed by atoms with Gasteiger partial charge in [0.15, 0.2) is 0 Å². The molecule has 0 aliphatic carbocycles. The maximum absolute atomic E-state index is 12.6. The van der Waals surface area contributed by atoms with E-state index in [1.54, 1.807) is 0 Å². The minimum atomic E-state index is 0.00329. The quantitative estimate of drug-likeness (QED) is 0.910. The average molecular weight is 340 g/mol. The van der Waals surface area contributed by atoms with Gasteiger partial charge in [0, 0.05) is 30.8 Å². The van der Waals surface area contributed by atoms with Crippen LogP contribution in [0.3, 0.4) is 0 Å². The molecule has 1 aromatic carbocycles. The molecule has 5 heteroatoms. The molecular formula is C20H28N4O. The van der Waals surface area contributed by atoms with Crippen LogP contribution in [0.25, 0.3) is 0 Å². The number of hydrogen-bond acceptors (Lipinski definition) is 3. The number of carbonyl (C=O) groups is 1. The van der Waals surface area contributed by atoms with Crippen LogP contribution in [-0.2, 0) is 18.4 Å². The minimum Gasteiger partial charge on any atom is -0.349 e. The molecule has 2 heterocycles. The molecule has 25 heavy (non-hydrogen) atoms. The first-order chi connectivity index (χ1) is 12.0. The summed E-state index contributed by atoms with van der Waals surface area (Å²) in [7, 11) is 1.93. The summed E-state index contributed by atoms with van der Waals surface area (Å²) in [6.07, 6.45) is 3.71. The second-order valence-corrected chi connectivity index (χ2v) is 7.08. The third kappa shape index (κ3) is 4.28. The molecule has 1 aromatic heterocycles. The fourth-order valence-corrected chi connectivity index (χ4v) is 3.54. The van der Waals surface area contributed by atoms with Gasteiger partial charge in [-0.3, -0.25) is 14.4 Å². The number of nitrogens with one attached hydrogen (secondary N) is 1. The molecule has 1 aliphatic rings. The van der Waals surface area contributed by atoms with E-state index in [-0.39, 0.29) is 17.9 Å². The maximum atomic E-state index is 12.6. The Kier molecular flexibility index (Phi) is 5.53. The lowest BCUT2D eigenvalue weighted by atomic mass is 9.95. The summed E-state index contributed by atoms with van der Waals surface area (Å²) < 4.78 is 1.85. The Labute approximate surface area is 150 Å². The molecule has 0 unspecified atom stereocenters. The largest absolute Gasteiger partial charge is 0.349 e. The fourth-order valence-electron chi connectivity index (χ4n) is 3.54. The second kappa shape index (κ2) is 7.83. The molecule has 5 nitrogen and oxygen atoms in total. The highest BCUT2D eigenvalue weighted by Crippen LogP contribution is 2.22. The van der Waals surface area contributed by atoms with Gasteiger partial charge in [-0.1, -0.05) is 30.3 Å². The van der Waals surface area contributed by atoms with Gasteiger partial charge in [-0.05, 0) is 45.3 Å². The normalized spacial score (nSPS) is 17.4. The third-order valence-corrected chi connectivity index (χ3v) is 5.31. The number of aryl methyl sites for hydroxylation is 1. The van der Waals surface area contributed by atoms with Gasteiger partial charge in [-0.25, -0.2) is 0 Å². The van der Waals surface area contributed by atoms with Crippen LogP contribution in [0.5, 0.6) is 0 Å². The molecule has 2 aromatic rings. The molecule has 1 amide bonds. The van der Waals surface area contributed by atoms with Crippen molar-refractivity contribution in [3.63, 3.8) is 0 Å². The Balaban J connectivity index is 1.49. The van der Waals surface area contributed by atoms with E-state index in [2.05, 4.69) is 39.6 Å². The number of carbonyl (C=O) groups excluding carboxylic acids is 1. The van der Waals surface area contributed by atoms with Gasteiger partial charge in [0.25, 0.3) is 0 Å². The third-order valence-electron chi connectivity index (χ3n) is 5.31. The average Bonchev–Trinajstić information content (AvgIpc) is 2.95. The van der Waals surface area contributed by atoms with Gasteiger partial charge in [0.2, 0.25) is 5.91 Å². The summed E-state index contributed by atoms with van der Waals surface area (Å²) in [5.41, 5.74) is 3.54. The van der Waals surface area contributed by atoms with E-state index in [0.29, 0.717) is 0 Å². The second-order valence-electron chi connectivity index (χ2n) is 7.08. The van der Waals surface area contributed by atoms with E-state index >= 15 is 0 Å². The standard InChI is InChI=1S/C20H28N4O/c1-15(19-13-21-23(3)16(19)2)22-20(25)18-9-11-24(12-10-18)14-17-7-5-4-6-8-17/h4-8,13,15,18H,9-12,14H2,1-3H3,(H,22,25)/t15-/m0/s1. The van der Waals surface area contributed by atoms with Gasteiger partial charge < -0.3 is 5.32 Å². The molecule has 1 fully saturated rings. The Morgan fingerprint density at radius 2 is 1.96 bits per heavy atom. The first kappa shape index (κ1) is 17.7. The summed E-state index contributed by atoms with van der Waals surface area (Å²) in [5, 5.41) is 7.44. The van der Waals surface area contributed by atoms with Crippen LogP contribution in [0.1, 0.15) is 42.6 Å². The minimum absolute atomic E-state index is 0.00329. The van der Waals surface area contributed by atoms with Crippen LogP contribution in [0.4, 0.5) is 0 Å². The van der Waals surface area contributed by atoms with Gasteiger partial charge in [0.05, 0.1) is 12.2 Å². The molecule has 0 spiro atoms. The molecule has 1 N–H and O–H groups in total. The smallest absolute Gasteiger partial charge is 0.223 e. The van der Waals surface area contributed by atoms with Crippen LogP contribution in [-0.4, -0.2) is 33.7 Å². The Bertz CT molecular complexity index is 702. The van der Waals surface area contributed by atoms with E-state index in [1.807, 2.05) is 37.8 Å². The molecule has 134 valence electrons. The summed E-state index contributed by atoms with van der Waals surface area (Å²) in [5.74, 6) is 0.293.